The summed E-state index contributed by atoms with van der Waals surface area (Å²) in [4.78, 5) is 14.8. The molecule has 21 heavy (non-hydrogen) atoms. The van der Waals surface area contributed by atoms with Crippen molar-refractivity contribution in [3.8, 4) is 0 Å². The van der Waals surface area contributed by atoms with Crippen molar-refractivity contribution in [2.45, 2.75) is 64.0 Å². The van der Waals surface area contributed by atoms with Gasteiger partial charge in [-0.1, -0.05) is 37.5 Å². The molecule has 0 saturated heterocycles. The second kappa shape index (κ2) is 6.50. The summed E-state index contributed by atoms with van der Waals surface area (Å²) in [6, 6.07) is 8.37. The van der Waals surface area contributed by atoms with Gasteiger partial charge in [0.2, 0.25) is 5.91 Å². The zero-order valence-corrected chi connectivity index (χ0v) is 12.8. The molecule has 0 atom stereocenters. The molecule has 0 aromatic heterocycles. The number of nitrogen functional groups attached to an aromatic ring is 1. The normalized spacial score (nSPS) is 19.4. The summed E-state index contributed by atoms with van der Waals surface area (Å²) in [5.74, 6) is 0.952. The van der Waals surface area contributed by atoms with Crippen LogP contribution in [0.25, 0.3) is 0 Å². The molecule has 0 spiro atoms. The Kier molecular flexibility index (Phi) is 4.47. The van der Waals surface area contributed by atoms with E-state index in [0.29, 0.717) is 24.4 Å². The first kappa shape index (κ1) is 14.4. The van der Waals surface area contributed by atoms with E-state index in [1.807, 2.05) is 24.3 Å². The van der Waals surface area contributed by atoms with Crippen molar-refractivity contribution in [2.24, 2.45) is 5.92 Å². The molecule has 3 rings (SSSR count). The monoisotopic (exact) mass is 286 g/mol. The van der Waals surface area contributed by atoms with Gasteiger partial charge >= 0.3 is 0 Å². The summed E-state index contributed by atoms with van der Waals surface area (Å²) in [6.07, 6.45) is 9.46. The largest absolute Gasteiger partial charge is 0.398 e. The van der Waals surface area contributed by atoms with Crippen molar-refractivity contribution in [2.75, 3.05) is 5.73 Å². The third kappa shape index (κ3) is 3.78. The van der Waals surface area contributed by atoms with Gasteiger partial charge in [0.25, 0.3) is 0 Å². The fourth-order valence-corrected chi connectivity index (χ4v) is 3.42. The maximum absolute atomic E-state index is 12.7. The Labute approximate surface area is 127 Å². The second-order valence-corrected chi connectivity index (χ2v) is 6.66. The van der Waals surface area contributed by atoms with Crippen molar-refractivity contribution in [1.29, 1.82) is 0 Å². The molecule has 114 valence electrons. The first-order valence-electron chi connectivity index (χ1n) is 8.37. The molecular weight excluding hydrogens is 260 g/mol. The van der Waals surface area contributed by atoms with E-state index >= 15 is 0 Å². The number of rotatable bonds is 5. The highest BCUT2D eigenvalue weighted by Gasteiger charge is 2.33. The lowest BCUT2D eigenvalue weighted by molar-refractivity contribution is -0.133. The first-order valence-corrected chi connectivity index (χ1v) is 8.37. The minimum Gasteiger partial charge on any atom is -0.398 e. The minimum absolute atomic E-state index is 0.340. The van der Waals surface area contributed by atoms with E-state index < -0.39 is 0 Å². The van der Waals surface area contributed by atoms with Gasteiger partial charge in [0, 0.05) is 24.7 Å². The lowest BCUT2D eigenvalue weighted by Gasteiger charge is -2.27. The Morgan fingerprint density at radius 2 is 1.81 bits per heavy atom. The molecule has 2 saturated carbocycles. The van der Waals surface area contributed by atoms with Crippen molar-refractivity contribution in [3.63, 3.8) is 0 Å². The maximum Gasteiger partial charge on any atom is 0.223 e. The number of amides is 1. The number of anilines is 1. The van der Waals surface area contributed by atoms with Crippen LogP contribution in [-0.2, 0) is 11.3 Å². The van der Waals surface area contributed by atoms with E-state index in [1.54, 1.807) is 0 Å². The van der Waals surface area contributed by atoms with E-state index in [0.717, 1.165) is 30.5 Å². The Bertz CT molecular complexity index is 490. The molecule has 0 radical (unpaired) electrons. The van der Waals surface area contributed by atoms with Crippen LogP contribution in [0.3, 0.4) is 0 Å². The van der Waals surface area contributed by atoms with Crippen LogP contribution in [0.4, 0.5) is 5.69 Å². The van der Waals surface area contributed by atoms with Gasteiger partial charge in [0.15, 0.2) is 0 Å². The number of carbonyl (C=O) groups excluding carboxylic acids is 1. The predicted molar refractivity (Wildman–Crippen MR) is 85.6 cm³/mol. The summed E-state index contributed by atoms with van der Waals surface area (Å²) < 4.78 is 0. The van der Waals surface area contributed by atoms with Gasteiger partial charge in [-0.25, -0.2) is 0 Å². The van der Waals surface area contributed by atoms with Crippen LogP contribution < -0.4 is 5.73 Å². The Hall–Kier alpha value is -1.51. The molecule has 3 nitrogen and oxygen atoms in total. The number of nitrogens with two attached hydrogens (primary N) is 1. The Morgan fingerprint density at radius 3 is 2.48 bits per heavy atom. The van der Waals surface area contributed by atoms with Crippen molar-refractivity contribution < 1.29 is 4.79 Å². The lowest BCUT2D eigenvalue weighted by Crippen LogP contribution is -2.34. The highest BCUT2D eigenvalue weighted by atomic mass is 16.2. The molecule has 0 unspecified atom stereocenters. The third-order valence-corrected chi connectivity index (χ3v) is 4.89. The van der Waals surface area contributed by atoms with Crippen molar-refractivity contribution >= 4 is 11.6 Å². The van der Waals surface area contributed by atoms with Gasteiger partial charge in [-0.05, 0) is 43.2 Å². The molecule has 0 bridgehead atoms. The van der Waals surface area contributed by atoms with Gasteiger partial charge < -0.3 is 10.6 Å². The van der Waals surface area contributed by atoms with E-state index in [1.165, 1.54) is 32.1 Å². The topological polar surface area (TPSA) is 46.3 Å². The molecule has 2 aliphatic rings. The summed E-state index contributed by atoms with van der Waals surface area (Å²) in [7, 11) is 0. The number of hydrogen-bond acceptors (Lipinski definition) is 2. The molecule has 2 aliphatic carbocycles. The fraction of sp³-hybridized carbons (Fsp3) is 0.611. The maximum atomic E-state index is 12.7. The van der Waals surface area contributed by atoms with Crippen molar-refractivity contribution in [1.82, 2.24) is 4.90 Å². The van der Waals surface area contributed by atoms with Crippen molar-refractivity contribution in [3.05, 3.63) is 29.8 Å². The smallest absolute Gasteiger partial charge is 0.223 e. The van der Waals surface area contributed by atoms with Crippen LogP contribution in [0.2, 0.25) is 0 Å². The number of nitrogens with zero attached hydrogens (tertiary/aromatic N) is 1. The van der Waals surface area contributed by atoms with Gasteiger partial charge in [-0.15, -0.1) is 0 Å². The Balaban J connectivity index is 1.63. The van der Waals surface area contributed by atoms with Crippen LogP contribution in [0.1, 0.15) is 56.9 Å². The molecule has 0 aliphatic heterocycles. The average Bonchev–Trinajstić information content (AvgIpc) is 3.32. The highest BCUT2D eigenvalue weighted by Crippen LogP contribution is 2.32. The third-order valence-electron chi connectivity index (χ3n) is 4.89. The molecule has 1 amide bonds. The molecule has 3 heteroatoms. The zero-order chi connectivity index (χ0) is 14.7. The number of hydrogen-bond donors (Lipinski definition) is 1. The van der Waals surface area contributed by atoms with E-state index in [2.05, 4.69) is 4.90 Å². The van der Waals surface area contributed by atoms with Gasteiger partial charge in [0.05, 0.1) is 0 Å². The van der Waals surface area contributed by atoms with Gasteiger partial charge in [-0.2, -0.15) is 0 Å². The molecular formula is C18H26N2O. The minimum atomic E-state index is 0.340. The van der Waals surface area contributed by atoms with E-state index in [-0.39, 0.29) is 0 Å². The lowest BCUT2D eigenvalue weighted by atomic mass is 9.86. The Morgan fingerprint density at radius 1 is 1.10 bits per heavy atom. The molecule has 1 aromatic rings. The molecule has 0 heterocycles. The molecule has 1 aromatic carbocycles. The first-order chi connectivity index (χ1) is 10.2. The number of carbonyl (C=O) groups is 1. The van der Waals surface area contributed by atoms with E-state index in [4.69, 9.17) is 5.73 Å². The van der Waals surface area contributed by atoms with Crippen LogP contribution in [0, 0.1) is 5.92 Å². The molecule has 2 fully saturated rings. The number of benzene rings is 1. The highest BCUT2D eigenvalue weighted by molar-refractivity contribution is 5.77. The van der Waals surface area contributed by atoms with Gasteiger partial charge in [-0.3, -0.25) is 4.79 Å². The molecule has 2 N–H and O–H groups in total. The van der Waals surface area contributed by atoms with Crippen LogP contribution >= 0.6 is 0 Å². The summed E-state index contributed by atoms with van der Waals surface area (Å²) >= 11 is 0. The summed E-state index contributed by atoms with van der Waals surface area (Å²) in [5.41, 5.74) is 7.92. The van der Waals surface area contributed by atoms with Crippen LogP contribution in [-0.4, -0.2) is 16.8 Å². The average molecular weight is 286 g/mol. The standard InChI is InChI=1S/C18H26N2O/c19-17-9-5-4-8-15(17)13-20(16-10-11-16)18(21)12-14-6-2-1-3-7-14/h4-5,8-9,14,16H,1-3,6-7,10-13,19H2. The second-order valence-electron chi connectivity index (χ2n) is 6.66. The quantitative estimate of drug-likeness (QED) is 0.838. The van der Waals surface area contributed by atoms with Crippen LogP contribution in [0.5, 0.6) is 0 Å². The number of para-hydroxylation sites is 1. The summed E-state index contributed by atoms with van der Waals surface area (Å²) in [5, 5.41) is 0. The van der Waals surface area contributed by atoms with Crippen LogP contribution in [0.15, 0.2) is 24.3 Å². The van der Waals surface area contributed by atoms with E-state index in [9.17, 15) is 4.79 Å². The summed E-state index contributed by atoms with van der Waals surface area (Å²) in [6.45, 7) is 0.683. The fourth-order valence-electron chi connectivity index (χ4n) is 3.42. The predicted octanol–water partition coefficient (Wildman–Crippen LogP) is 3.73. The zero-order valence-electron chi connectivity index (χ0n) is 12.8. The van der Waals surface area contributed by atoms with Gasteiger partial charge in [0.1, 0.15) is 0 Å². The SMILES string of the molecule is Nc1ccccc1CN(C(=O)CC1CCCCC1)C1CC1.